The van der Waals surface area contributed by atoms with Gasteiger partial charge < -0.3 is 4.90 Å². The largest absolute Gasteiger partial charge is 0.342 e. The Hall–Kier alpha value is -1.35. The molecule has 0 N–H and O–H groups in total. The van der Waals surface area contributed by atoms with Crippen LogP contribution < -0.4 is 0 Å². The van der Waals surface area contributed by atoms with Crippen molar-refractivity contribution in [3.63, 3.8) is 0 Å². The van der Waals surface area contributed by atoms with Crippen LogP contribution in [0.5, 0.6) is 0 Å². The number of benzene rings is 1. The summed E-state index contributed by atoms with van der Waals surface area (Å²) in [5.41, 5.74) is 1.24. The molecular weight excluding hydrogens is 236 g/mol. The monoisotopic (exact) mass is 262 g/mol. The van der Waals surface area contributed by atoms with Crippen LogP contribution in [0.3, 0.4) is 0 Å². The second kappa shape index (κ2) is 7.29. The quantitative estimate of drug-likeness (QED) is 0.787. The lowest BCUT2D eigenvalue weighted by atomic mass is 10.1. The van der Waals surface area contributed by atoms with E-state index in [-0.39, 0.29) is 18.0 Å². The van der Waals surface area contributed by atoms with Gasteiger partial charge in [-0.15, -0.1) is 0 Å². The van der Waals surface area contributed by atoms with Gasteiger partial charge in [-0.1, -0.05) is 30.3 Å². The fraction of sp³-hybridized carbons (Fsp3) is 0.562. The van der Waals surface area contributed by atoms with E-state index < -0.39 is 0 Å². The highest BCUT2D eigenvalue weighted by Crippen LogP contribution is 2.21. The Morgan fingerprint density at radius 3 is 2.11 bits per heavy atom. The maximum Gasteiger partial charge on any atom is 0.239 e. The van der Waals surface area contributed by atoms with Crippen molar-refractivity contribution in [1.82, 2.24) is 9.80 Å². The van der Waals surface area contributed by atoms with Crippen LogP contribution in [0.15, 0.2) is 30.3 Å². The first-order chi connectivity index (χ1) is 9.02. The number of likely N-dealkylation sites (N-methyl/N-ethyl adjacent to an activating group) is 2. The molecule has 0 saturated heterocycles. The molecule has 1 rings (SSSR count). The molecule has 0 radical (unpaired) electrons. The molecule has 3 heteroatoms. The summed E-state index contributed by atoms with van der Waals surface area (Å²) in [6.45, 7) is 9.71. The Labute approximate surface area is 117 Å². The zero-order chi connectivity index (χ0) is 14.4. The van der Waals surface area contributed by atoms with E-state index in [9.17, 15) is 4.79 Å². The number of amides is 1. The molecule has 0 aliphatic rings. The lowest BCUT2D eigenvalue weighted by Crippen LogP contribution is -2.46. The van der Waals surface area contributed by atoms with Gasteiger partial charge in [-0.2, -0.15) is 0 Å². The van der Waals surface area contributed by atoms with Crippen LogP contribution in [0, 0.1) is 0 Å². The van der Waals surface area contributed by atoms with E-state index in [1.165, 1.54) is 5.56 Å². The lowest BCUT2D eigenvalue weighted by Gasteiger charge is -2.33. The van der Waals surface area contributed by atoms with Gasteiger partial charge in [0.15, 0.2) is 0 Å². The SMILES string of the molecule is CCN(CC)C(=O)[C@H](C)N(C)[C@@H](C)c1ccccc1. The smallest absolute Gasteiger partial charge is 0.239 e. The molecule has 1 aromatic carbocycles. The zero-order valence-electron chi connectivity index (χ0n) is 12.8. The van der Waals surface area contributed by atoms with E-state index in [1.807, 2.05) is 50.9 Å². The standard InChI is InChI=1S/C16H26N2O/c1-6-18(7-2)16(19)14(4)17(5)13(3)15-11-9-8-10-12-15/h8-14H,6-7H2,1-5H3/t13-,14-/m0/s1. The maximum absolute atomic E-state index is 12.4. The molecule has 0 aliphatic heterocycles. The van der Waals surface area contributed by atoms with Gasteiger partial charge in [-0.25, -0.2) is 0 Å². The molecule has 0 unspecified atom stereocenters. The van der Waals surface area contributed by atoms with Gasteiger partial charge in [-0.05, 0) is 40.3 Å². The molecular formula is C16H26N2O. The number of nitrogens with zero attached hydrogens (tertiary/aromatic N) is 2. The minimum atomic E-state index is -0.102. The van der Waals surface area contributed by atoms with Gasteiger partial charge in [-0.3, -0.25) is 9.69 Å². The van der Waals surface area contributed by atoms with Gasteiger partial charge in [0.1, 0.15) is 0 Å². The second-order valence-corrected chi connectivity index (χ2v) is 4.94. The first kappa shape index (κ1) is 15.7. The fourth-order valence-electron chi connectivity index (χ4n) is 2.28. The van der Waals surface area contributed by atoms with Crippen molar-refractivity contribution in [2.75, 3.05) is 20.1 Å². The highest BCUT2D eigenvalue weighted by atomic mass is 16.2. The molecule has 0 saturated carbocycles. The number of hydrogen-bond acceptors (Lipinski definition) is 2. The molecule has 0 aliphatic carbocycles. The molecule has 106 valence electrons. The summed E-state index contributed by atoms with van der Waals surface area (Å²) in [4.78, 5) is 16.4. The number of carbonyl (C=O) groups is 1. The molecule has 0 heterocycles. The van der Waals surface area contributed by atoms with Crippen LogP contribution >= 0.6 is 0 Å². The fourth-order valence-corrected chi connectivity index (χ4v) is 2.28. The van der Waals surface area contributed by atoms with Gasteiger partial charge in [0.2, 0.25) is 5.91 Å². The van der Waals surface area contributed by atoms with E-state index in [4.69, 9.17) is 0 Å². The second-order valence-electron chi connectivity index (χ2n) is 4.94. The van der Waals surface area contributed by atoms with E-state index in [0.29, 0.717) is 0 Å². The number of carbonyl (C=O) groups excluding carboxylic acids is 1. The summed E-state index contributed by atoms with van der Waals surface area (Å²) in [5, 5.41) is 0. The average molecular weight is 262 g/mol. The maximum atomic E-state index is 12.4. The molecule has 2 atom stereocenters. The predicted molar refractivity (Wildman–Crippen MR) is 80.0 cm³/mol. The van der Waals surface area contributed by atoms with Crippen LogP contribution in [0.1, 0.15) is 39.3 Å². The predicted octanol–water partition coefficient (Wildman–Crippen LogP) is 2.94. The third-order valence-corrected chi connectivity index (χ3v) is 3.94. The summed E-state index contributed by atoms with van der Waals surface area (Å²) in [5.74, 6) is 0.204. The summed E-state index contributed by atoms with van der Waals surface area (Å²) >= 11 is 0. The van der Waals surface area contributed by atoms with Crippen molar-refractivity contribution in [2.24, 2.45) is 0 Å². The van der Waals surface area contributed by atoms with Gasteiger partial charge in [0, 0.05) is 19.1 Å². The summed E-state index contributed by atoms with van der Waals surface area (Å²) in [6, 6.07) is 10.4. The highest BCUT2D eigenvalue weighted by molar-refractivity contribution is 5.81. The summed E-state index contributed by atoms with van der Waals surface area (Å²) in [7, 11) is 2.02. The minimum Gasteiger partial charge on any atom is -0.342 e. The van der Waals surface area contributed by atoms with Crippen molar-refractivity contribution in [3.8, 4) is 0 Å². The van der Waals surface area contributed by atoms with Crippen LogP contribution in [0.4, 0.5) is 0 Å². The van der Waals surface area contributed by atoms with Crippen LogP contribution in [0.25, 0.3) is 0 Å². The van der Waals surface area contributed by atoms with Gasteiger partial charge in [0.25, 0.3) is 0 Å². The Kier molecular flexibility index (Phi) is 6.03. The minimum absolute atomic E-state index is 0.102. The molecule has 1 aromatic rings. The van der Waals surface area contributed by atoms with Crippen molar-refractivity contribution >= 4 is 5.91 Å². The Morgan fingerprint density at radius 1 is 1.11 bits per heavy atom. The van der Waals surface area contributed by atoms with Gasteiger partial charge >= 0.3 is 0 Å². The van der Waals surface area contributed by atoms with Crippen molar-refractivity contribution in [3.05, 3.63) is 35.9 Å². The molecule has 0 aromatic heterocycles. The molecule has 19 heavy (non-hydrogen) atoms. The summed E-state index contributed by atoms with van der Waals surface area (Å²) in [6.07, 6.45) is 0. The van der Waals surface area contributed by atoms with Crippen molar-refractivity contribution < 1.29 is 4.79 Å². The van der Waals surface area contributed by atoms with E-state index in [1.54, 1.807) is 0 Å². The van der Waals surface area contributed by atoms with E-state index in [2.05, 4.69) is 24.0 Å². The van der Waals surface area contributed by atoms with E-state index in [0.717, 1.165) is 13.1 Å². The Bertz CT molecular complexity index is 387. The summed E-state index contributed by atoms with van der Waals surface area (Å²) < 4.78 is 0. The number of hydrogen-bond donors (Lipinski definition) is 0. The molecule has 1 amide bonds. The first-order valence-electron chi connectivity index (χ1n) is 7.08. The first-order valence-corrected chi connectivity index (χ1v) is 7.08. The average Bonchev–Trinajstić information content (AvgIpc) is 2.47. The molecule has 0 spiro atoms. The third-order valence-electron chi connectivity index (χ3n) is 3.94. The topological polar surface area (TPSA) is 23.6 Å². The lowest BCUT2D eigenvalue weighted by molar-refractivity contribution is -0.136. The number of rotatable bonds is 6. The van der Waals surface area contributed by atoms with Crippen molar-refractivity contribution in [1.29, 1.82) is 0 Å². The molecule has 0 fully saturated rings. The van der Waals surface area contributed by atoms with Crippen LogP contribution in [0.2, 0.25) is 0 Å². The zero-order valence-corrected chi connectivity index (χ0v) is 12.8. The van der Waals surface area contributed by atoms with E-state index >= 15 is 0 Å². The normalized spacial score (nSPS) is 14.2. The van der Waals surface area contributed by atoms with Crippen LogP contribution in [-0.2, 0) is 4.79 Å². The van der Waals surface area contributed by atoms with Crippen molar-refractivity contribution in [2.45, 2.75) is 39.8 Å². The Morgan fingerprint density at radius 2 is 1.63 bits per heavy atom. The highest BCUT2D eigenvalue weighted by Gasteiger charge is 2.25. The van der Waals surface area contributed by atoms with Crippen LogP contribution in [-0.4, -0.2) is 41.9 Å². The molecule has 3 nitrogen and oxygen atoms in total. The van der Waals surface area contributed by atoms with Gasteiger partial charge in [0.05, 0.1) is 6.04 Å². The molecule has 0 bridgehead atoms. The Balaban J connectivity index is 2.76. The third kappa shape index (κ3) is 3.80.